The van der Waals surface area contributed by atoms with E-state index in [1.165, 1.54) is 0 Å². The maximum atomic E-state index is 10.9. The third-order valence-electron chi connectivity index (χ3n) is 2.95. The summed E-state index contributed by atoms with van der Waals surface area (Å²) in [6.45, 7) is 2.44. The molecule has 0 saturated carbocycles. The van der Waals surface area contributed by atoms with Gasteiger partial charge in [0.05, 0.1) is 11.1 Å². The molecule has 2 rings (SSSR count). The number of allylic oxidation sites excluding steroid dienone is 1. The van der Waals surface area contributed by atoms with E-state index in [4.69, 9.17) is 9.47 Å². The second-order valence-corrected chi connectivity index (χ2v) is 5.25. The van der Waals surface area contributed by atoms with Gasteiger partial charge < -0.3 is 9.47 Å². The van der Waals surface area contributed by atoms with Crippen molar-refractivity contribution in [1.82, 2.24) is 0 Å². The quantitative estimate of drug-likeness (QED) is 0.603. The van der Waals surface area contributed by atoms with E-state index in [1.54, 1.807) is 12.1 Å². The fourth-order valence-electron chi connectivity index (χ4n) is 2.06. The van der Waals surface area contributed by atoms with Gasteiger partial charge in [0.2, 0.25) is 0 Å². The maximum absolute atomic E-state index is 10.9. The zero-order valence-corrected chi connectivity index (χ0v) is 12.5. The molecule has 0 saturated heterocycles. The van der Waals surface area contributed by atoms with E-state index >= 15 is 0 Å². The second-order valence-electron chi connectivity index (χ2n) is 4.40. The van der Waals surface area contributed by atoms with Crippen molar-refractivity contribution in [3.63, 3.8) is 0 Å². The summed E-state index contributed by atoms with van der Waals surface area (Å²) in [6, 6.07) is 3.46. The van der Waals surface area contributed by atoms with Crippen LogP contribution in [-0.4, -0.2) is 19.0 Å². The number of carbonyl (C=O) groups excluding carboxylic acids is 1. The van der Waals surface area contributed by atoms with Crippen molar-refractivity contribution in [3.8, 4) is 11.5 Å². The molecule has 1 aromatic rings. The van der Waals surface area contributed by atoms with Crippen LogP contribution < -0.4 is 9.47 Å². The third kappa shape index (κ3) is 3.60. The van der Waals surface area contributed by atoms with Gasteiger partial charge >= 0.3 is 0 Å². The van der Waals surface area contributed by atoms with Gasteiger partial charge in [-0.15, -0.1) is 0 Å². The largest absolute Gasteiger partial charge is 0.490 e. The molecule has 4 heteroatoms. The Kier molecular flexibility index (Phi) is 5.02. The van der Waals surface area contributed by atoms with Crippen LogP contribution in [0.15, 0.2) is 28.8 Å². The van der Waals surface area contributed by atoms with E-state index in [0.29, 0.717) is 23.7 Å². The standard InChI is InChI=1S/C15H17BrO3/c1-2-18-14-9-11(10-17)8-13(16)15(14)19-12-6-4-3-5-7-12/h4,6,8-10,12H,2-3,5,7H2,1H3. The Balaban J connectivity index is 2.28. The summed E-state index contributed by atoms with van der Waals surface area (Å²) in [5, 5.41) is 0. The zero-order chi connectivity index (χ0) is 13.7. The van der Waals surface area contributed by atoms with E-state index in [2.05, 4.69) is 28.1 Å². The van der Waals surface area contributed by atoms with Gasteiger partial charge in [0.15, 0.2) is 11.5 Å². The summed E-state index contributed by atoms with van der Waals surface area (Å²) in [5.41, 5.74) is 0.571. The molecule has 1 aromatic carbocycles. The van der Waals surface area contributed by atoms with Crippen LogP contribution >= 0.6 is 15.9 Å². The highest BCUT2D eigenvalue weighted by atomic mass is 79.9. The van der Waals surface area contributed by atoms with Crippen LogP contribution in [0.1, 0.15) is 36.5 Å². The number of rotatable bonds is 5. The van der Waals surface area contributed by atoms with Crippen LogP contribution in [0.3, 0.4) is 0 Å². The number of ether oxygens (including phenoxy) is 2. The number of hydrogen-bond acceptors (Lipinski definition) is 3. The average Bonchev–Trinajstić information content (AvgIpc) is 2.43. The van der Waals surface area contributed by atoms with Crippen molar-refractivity contribution < 1.29 is 14.3 Å². The number of halogens is 1. The highest BCUT2D eigenvalue weighted by Crippen LogP contribution is 2.38. The second kappa shape index (κ2) is 6.75. The van der Waals surface area contributed by atoms with Gasteiger partial charge in [-0.3, -0.25) is 4.79 Å². The Hall–Kier alpha value is -1.29. The number of hydrogen-bond donors (Lipinski definition) is 0. The monoisotopic (exact) mass is 324 g/mol. The fraction of sp³-hybridized carbons (Fsp3) is 0.400. The third-order valence-corrected chi connectivity index (χ3v) is 3.54. The molecule has 0 aromatic heterocycles. The minimum Gasteiger partial charge on any atom is -0.490 e. The molecule has 0 spiro atoms. The predicted molar refractivity (Wildman–Crippen MR) is 78.1 cm³/mol. The lowest BCUT2D eigenvalue weighted by Gasteiger charge is -2.21. The van der Waals surface area contributed by atoms with Crippen LogP contribution in [0.5, 0.6) is 11.5 Å². The first-order valence-electron chi connectivity index (χ1n) is 6.49. The highest BCUT2D eigenvalue weighted by Gasteiger charge is 2.17. The summed E-state index contributed by atoms with van der Waals surface area (Å²) >= 11 is 3.45. The van der Waals surface area contributed by atoms with E-state index in [1.807, 2.05) is 6.92 Å². The van der Waals surface area contributed by atoms with Crippen molar-refractivity contribution in [3.05, 3.63) is 34.3 Å². The van der Waals surface area contributed by atoms with Gasteiger partial charge in [0, 0.05) is 5.56 Å². The normalized spacial score (nSPS) is 18.1. The van der Waals surface area contributed by atoms with Crippen molar-refractivity contribution in [2.24, 2.45) is 0 Å². The molecule has 0 bridgehead atoms. The molecule has 0 heterocycles. The lowest BCUT2D eigenvalue weighted by molar-refractivity contribution is 0.112. The smallest absolute Gasteiger partial charge is 0.176 e. The highest BCUT2D eigenvalue weighted by molar-refractivity contribution is 9.10. The minimum atomic E-state index is 0.0753. The molecule has 1 aliphatic carbocycles. The van der Waals surface area contributed by atoms with Gasteiger partial charge in [-0.05, 0) is 60.3 Å². The molecule has 3 nitrogen and oxygen atoms in total. The lowest BCUT2D eigenvalue weighted by atomic mass is 10.1. The van der Waals surface area contributed by atoms with Crippen LogP contribution in [0.4, 0.5) is 0 Å². The molecule has 0 amide bonds. The van der Waals surface area contributed by atoms with Gasteiger partial charge in [0.1, 0.15) is 12.4 Å². The van der Waals surface area contributed by atoms with Crippen LogP contribution in [0.2, 0.25) is 0 Å². The minimum absolute atomic E-state index is 0.0753. The van der Waals surface area contributed by atoms with Crippen LogP contribution in [0.25, 0.3) is 0 Å². The molecule has 1 unspecified atom stereocenters. The van der Waals surface area contributed by atoms with E-state index in [0.717, 1.165) is 30.0 Å². The molecule has 0 aliphatic heterocycles. The first kappa shape index (κ1) is 14.1. The van der Waals surface area contributed by atoms with Gasteiger partial charge in [-0.25, -0.2) is 0 Å². The SMILES string of the molecule is CCOc1cc(C=O)cc(Br)c1OC1C=CCCC1. The molecule has 0 N–H and O–H groups in total. The molecule has 1 aliphatic rings. The predicted octanol–water partition coefficient (Wildman–Crippen LogP) is 4.15. The number of benzene rings is 1. The van der Waals surface area contributed by atoms with E-state index in [-0.39, 0.29) is 6.10 Å². The average molecular weight is 325 g/mol. The first-order chi connectivity index (χ1) is 9.24. The van der Waals surface area contributed by atoms with Gasteiger partial charge in [-0.1, -0.05) is 6.08 Å². The fourth-order valence-corrected chi connectivity index (χ4v) is 2.62. The molecular formula is C15H17BrO3. The van der Waals surface area contributed by atoms with Gasteiger partial charge in [0.25, 0.3) is 0 Å². The Morgan fingerprint density at radius 2 is 2.32 bits per heavy atom. The first-order valence-corrected chi connectivity index (χ1v) is 7.28. The molecule has 102 valence electrons. The summed E-state index contributed by atoms with van der Waals surface area (Å²) in [4.78, 5) is 10.9. The number of aldehydes is 1. The van der Waals surface area contributed by atoms with Crippen molar-refractivity contribution in [1.29, 1.82) is 0 Å². The van der Waals surface area contributed by atoms with Crippen molar-refractivity contribution in [2.45, 2.75) is 32.3 Å². The molecule has 1 atom stereocenters. The van der Waals surface area contributed by atoms with Crippen LogP contribution in [0, 0.1) is 0 Å². The Morgan fingerprint density at radius 3 is 2.95 bits per heavy atom. The zero-order valence-electron chi connectivity index (χ0n) is 10.9. The van der Waals surface area contributed by atoms with E-state index < -0.39 is 0 Å². The molecule has 19 heavy (non-hydrogen) atoms. The Morgan fingerprint density at radius 1 is 1.47 bits per heavy atom. The molecule has 0 radical (unpaired) electrons. The number of carbonyl (C=O) groups is 1. The molecule has 0 fully saturated rings. The molecular weight excluding hydrogens is 308 g/mol. The van der Waals surface area contributed by atoms with Crippen molar-refractivity contribution in [2.75, 3.05) is 6.61 Å². The van der Waals surface area contributed by atoms with E-state index in [9.17, 15) is 4.79 Å². The van der Waals surface area contributed by atoms with Crippen LogP contribution in [-0.2, 0) is 0 Å². The summed E-state index contributed by atoms with van der Waals surface area (Å²) in [6.07, 6.45) is 8.35. The van der Waals surface area contributed by atoms with Gasteiger partial charge in [-0.2, -0.15) is 0 Å². The maximum Gasteiger partial charge on any atom is 0.176 e. The van der Waals surface area contributed by atoms with Crippen molar-refractivity contribution >= 4 is 22.2 Å². The Labute approximate surface area is 121 Å². The summed E-state index contributed by atoms with van der Waals surface area (Å²) < 4.78 is 12.3. The Bertz CT molecular complexity index is 483. The topological polar surface area (TPSA) is 35.5 Å². The summed E-state index contributed by atoms with van der Waals surface area (Å²) in [5.74, 6) is 1.28. The summed E-state index contributed by atoms with van der Waals surface area (Å²) in [7, 11) is 0. The lowest BCUT2D eigenvalue weighted by Crippen LogP contribution is -2.16.